The fourth-order valence-electron chi connectivity index (χ4n) is 6.01. The van der Waals surface area contributed by atoms with E-state index in [1.165, 1.54) is 12.8 Å². The zero-order valence-corrected chi connectivity index (χ0v) is 34.3. The molecule has 0 aliphatic carbocycles. The van der Waals surface area contributed by atoms with Crippen molar-refractivity contribution in [1.82, 2.24) is 10.6 Å². The van der Waals surface area contributed by atoms with Crippen molar-refractivity contribution >= 4 is 47.6 Å². The van der Waals surface area contributed by atoms with E-state index in [0.29, 0.717) is 19.4 Å². The van der Waals surface area contributed by atoms with Crippen LogP contribution in [0.3, 0.4) is 0 Å². The summed E-state index contributed by atoms with van der Waals surface area (Å²) in [6.45, 7) is 5.57. The predicted octanol–water partition coefficient (Wildman–Crippen LogP) is 5.40. The van der Waals surface area contributed by atoms with E-state index in [-0.39, 0.29) is 18.9 Å². The molecule has 0 saturated carbocycles. The molecule has 0 unspecified atom stereocenters. The molecule has 16 nitrogen and oxygen atoms in total. The van der Waals surface area contributed by atoms with E-state index >= 15 is 0 Å². The van der Waals surface area contributed by atoms with Crippen LogP contribution in [0, 0.1) is 0 Å². The zero-order chi connectivity index (χ0) is 42.1. The van der Waals surface area contributed by atoms with E-state index in [1.807, 2.05) is 0 Å². The topological polar surface area (TPSA) is 227 Å². The average molecular weight is 801 g/mol. The first-order valence-electron chi connectivity index (χ1n) is 20.2. The molecular formula is C40H68N2O14. The second kappa shape index (κ2) is 33.0. The molecule has 0 aliphatic heterocycles. The van der Waals surface area contributed by atoms with Crippen molar-refractivity contribution in [3.63, 3.8) is 0 Å². The van der Waals surface area contributed by atoms with Gasteiger partial charge in [0.05, 0.1) is 0 Å². The van der Waals surface area contributed by atoms with Gasteiger partial charge in [0.2, 0.25) is 12.0 Å². The van der Waals surface area contributed by atoms with Crippen LogP contribution < -0.4 is 10.6 Å². The largest absolute Gasteiger partial charge is 0.481 e. The number of carboxylic acid groups (broad SMARTS) is 1. The molecule has 3 N–H and O–H groups in total. The molecule has 0 aliphatic rings. The third kappa shape index (κ3) is 30.0. The van der Waals surface area contributed by atoms with E-state index in [2.05, 4.69) is 10.6 Å². The summed E-state index contributed by atoms with van der Waals surface area (Å²) >= 11 is 0. The lowest BCUT2D eigenvalue weighted by Crippen LogP contribution is -2.57. The number of carbonyl (C=O) groups is 8. The third-order valence-electron chi connectivity index (χ3n) is 8.68. The molecule has 0 saturated heterocycles. The Labute approximate surface area is 332 Å². The maximum Gasteiger partial charge on any atom is 0.303 e. The highest BCUT2D eigenvalue weighted by molar-refractivity contribution is 5.84. The number of hydrogen-bond acceptors (Lipinski definition) is 13. The van der Waals surface area contributed by atoms with Gasteiger partial charge in [0.25, 0.3) is 5.91 Å². The van der Waals surface area contributed by atoms with Crippen molar-refractivity contribution < 1.29 is 67.1 Å². The van der Waals surface area contributed by atoms with E-state index in [0.717, 1.165) is 131 Å². The van der Waals surface area contributed by atoms with E-state index in [1.54, 1.807) is 0 Å². The molecule has 0 rings (SSSR count). The van der Waals surface area contributed by atoms with Gasteiger partial charge >= 0.3 is 35.8 Å². The molecule has 0 aromatic carbocycles. The summed E-state index contributed by atoms with van der Waals surface area (Å²) in [5.74, 6) is -5.76. The van der Waals surface area contributed by atoms with Gasteiger partial charge in [0.15, 0.2) is 18.3 Å². The Morgan fingerprint density at radius 2 is 0.839 bits per heavy atom. The Hall–Kier alpha value is -4.24. The lowest BCUT2D eigenvalue weighted by molar-refractivity contribution is -0.203. The molecule has 0 heterocycles. The SMILES string of the molecule is CC(=O)OC[C@@H](OC(C)=O)[C@@H](OC(C)=O)[C@H](OC(C)=O)[C@@H](OC(C)=O)C(=O)NCCCCCCCCCCCC(=O)NCCCCCCCCCCCC(=O)O. The van der Waals surface area contributed by atoms with Gasteiger partial charge in [-0.25, -0.2) is 0 Å². The van der Waals surface area contributed by atoms with E-state index < -0.39 is 72.7 Å². The highest BCUT2D eigenvalue weighted by Crippen LogP contribution is 2.21. The molecule has 322 valence electrons. The molecule has 56 heavy (non-hydrogen) atoms. The molecule has 0 radical (unpaired) electrons. The molecule has 2 amide bonds. The minimum atomic E-state index is -1.80. The normalized spacial score (nSPS) is 12.9. The van der Waals surface area contributed by atoms with Crippen molar-refractivity contribution in [2.75, 3.05) is 19.7 Å². The van der Waals surface area contributed by atoms with Crippen molar-refractivity contribution in [3.05, 3.63) is 0 Å². The first-order chi connectivity index (χ1) is 26.6. The summed E-state index contributed by atoms with van der Waals surface area (Å²) in [6, 6.07) is 0. The number of nitrogens with one attached hydrogen (secondary N) is 2. The summed E-state index contributed by atoms with van der Waals surface area (Å²) in [5, 5.41) is 14.3. The molecular weight excluding hydrogens is 732 g/mol. The lowest BCUT2D eigenvalue weighted by atomic mass is 10.0. The Balaban J connectivity index is 4.47. The van der Waals surface area contributed by atoms with Crippen LogP contribution in [-0.4, -0.2) is 96.8 Å². The third-order valence-corrected chi connectivity index (χ3v) is 8.68. The van der Waals surface area contributed by atoms with Gasteiger partial charge in [-0.05, 0) is 25.7 Å². The number of esters is 5. The van der Waals surface area contributed by atoms with Gasteiger partial charge in [0.1, 0.15) is 6.61 Å². The minimum Gasteiger partial charge on any atom is -0.481 e. The molecule has 4 atom stereocenters. The number of rotatable bonds is 34. The van der Waals surface area contributed by atoms with Crippen LogP contribution in [0.1, 0.15) is 163 Å². The lowest BCUT2D eigenvalue weighted by Gasteiger charge is -2.34. The van der Waals surface area contributed by atoms with Crippen LogP contribution in [0.15, 0.2) is 0 Å². The predicted molar refractivity (Wildman–Crippen MR) is 205 cm³/mol. The summed E-state index contributed by atoms with van der Waals surface area (Å²) in [5.41, 5.74) is 0. The van der Waals surface area contributed by atoms with Crippen molar-refractivity contribution in [3.8, 4) is 0 Å². The van der Waals surface area contributed by atoms with Gasteiger partial charge in [-0.15, -0.1) is 0 Å². The number of carbonyl (C=O) groups excluding carboxylic acids is 7. The van der Waals surface area contributed by atoms with Gasteiger partial charge in [-0.2, -0.15) is 0 Å². The monoisotopic (exact) mass is 800 g/mol. The van der Waals surface area contributed by atoms with Crippen LogP contribution in [0.4, 0.5) is 0 Å². The molecule has 0 spiro atoms. The Morgan fingerprint density at radius 3 is 1.27 bits per heavy atom. The second-order valence-electron chi connectivity index (χ2n) is 14.0. The number of ether oxygens (including phenoxy) is 5. The van der Waals surface area contributed by atoms with Crippen molar-refractivity contribution in [2.45, 2.75) is 187 Å². The number of unbranched alkanes of at least 4 members (excludes halogenated alkanes) is 16. The average Bonchev–Trinajstić information content (AvgIpc) is 3.10. The van der Waals surface area contributed by atoms with Crippen LogP contribution >= 0.6 is 0 Å². The Kier molecular flexibility index (Phi) is 30.5. The highest BCUT2D eigenvalue weighted by Gasteiger charge is 2.46. The van der Waals surface area contributed by atoms with Gasteiger partial charge in [-0.3, -0.25) is 38.4 Å². The van der Waals surface area contributed by atoms with Crippen LogP contribution in [0.5, 0.6) is 0 Å². The standard InChI is InChI=1S/C40H68N2O14/c1-29(43)52-28-34(53-30(2)44)37(54-31(3)45)38(55-32(4)46)39(56-33(5)47)40(51)42-27-23-19-15-11-6-8-12-16-20-24-35(48)41-26-22-18-14-10-7-9-13-17-21-25-36(49)50/h34,37-39H,6-28H2,1-5H3,(H,41,48)(H,42,51)(H,49,50)/t34-,37-,38+,39-/m1/s1. The van der Waals surface area contributed by atoms with Crippen LogP contribution in [0.2, 0.25) is 0 Å². The smallest absolute Gasteiger partial charge is 0.303 e. The Bertz CT molecular complexity index is 1190. The second-order valence-corrected chi connectivity index (χ2v) is 14.0. The highest BCUT2D eigenvalue weighted by atomic mass is 16.6. The van der Waals surface area contributed by atoms with Crippen LogP contribution in [-0.2, 0) is 62.0 Å². The van der Waals surface area contributed by atoms with Crippen molar-refractivity contribution in [1.29, 1.82) is 0 Å². The van der Waals surface area contributed by atoms with E-state index in [4.69, 9.17) is 28.8 Å². The Morgan fingerprint density at radius 1 is 0.446 bits per heavy atom. The number of carboxylic acids is 1. The van der Waals surface area contributed by atoms with Gasteiger partial charge < -0.3 is 39.4 Å². The molecule has 0 bridgehead atoms. The minimum absolute atomic E-state index is 0.106. The number of amides is 2. The molecule has 0 aromatic heterocycles. The summed E-state index contributed by atoms with van der Waals surface area (Å²) in [4.78, 5) is 95.5. The molecule has 0 fully saturated rings. The zero-order valence-electron chi connectivity index (χ0n) is 34.3. The van der Waals surface area contributed by atoms with Crippen molar-refractivity contribution in [2.24, 2.45) is 0 Å². The number of hydrogen-bond donors (Lipinski definition) is 3. The van der Waals surface area contributed by atoms with E-state index in [9.17, 15) is 38.4 Å². The fraction of sp³-hybridized carbons (Fsp3) is 0.800. The summed E-state index contributed by atoms with van der Waals surface area (Å²) in [6.07, 6.45) is 12.0. The fourth-order valence-corrected chi connectivity index (χ4v) is 6.01. The first-order valence-corrected chi connectivity index (χ1v) is 20.2. The first kappa shape index (κ1) is 51.8. The number of aliphatic carboxylic acids is 1. The quantitative estimate of drug-likeness (QED) is 0.0421. The summed E-state index contributed by atoms with van der Waals surface area (Å²) in [7, 11) is 0. The van der Waals surface area contributed by atoms with Gasteiger partial charge in [0, 0.05) is 60.5 Å². The molecule has 0 aromatic rings. The molecule has 16 heteroatoms. The van der Waals surface area contributed by atoms with Gasteiger partial charge in [-0.1, -0.05) is 89.9 Å². The maximum atomic E-state index is 13.3. The summed E-state index contributed by atoms with van der Waals surface area (Å²) < 4.78 is 26.0. The van der Waals surface area contributed by atoms with Crippen LogP contribution in [0.25, 0.3) is 0 Å². The maximum absolute atomic E-state index is 13.3.